The van der Waals surface area contributed by atoms with Gasteiger partial charge in [-0.15, -0.1) is 0 Å². The molecule has 1 aliphatic rings. The zero-order valence-corrected chi connectivity index (χ0v) is 7.09. The Bertz CT molecular complexity index is 241. The molecule has 2 unspecified atom stereocenters. The summed E-state index contributed by atoms with van der Waals surface area (Å²) in [7, 11) is -6.75. The minimum atomic E-state index is -6.75. The first-order valence-electron chi connectivity index (χ1n) is 3.14. The monoisotopic (exact) mass is 246 g/mol. The largest absolute Gasteiger partial charge is 0.621 e. The van der Waals surface area contributed by atoms with E-state index in [9.17, 15) is 34.6 Å². The van der Waals surface area contributed by atoms with Crippen LogP contribution in [-0.4, -0.2) is 33.0 Å². The molecule has 0 aromatic carbocycles. The predicted molar refractivity (Wildman–Crippen MR) is 28.7 cm³/mol. The van der Waals surface area contributed by atoms with Crippen molar-refractivity contribution in [3.63, 3.8) is 0 Å². The van der Waals surface area contributed by atoms with Crippen molar-refractivity contribution in [1.82, 2.24) is 0 Å². The van der Waals surface area contributed by atoms with Crippen molar-refractivity contribution < 1.29 is 39.0 Å². The Labute approximate surface area is 73.1 Å². The zero-order valence-electron chi connectivity index (χ0n) is 6.09. The molecule has 1 fully saturated rings. The van der Waals surface area contributed by atoms with E-state index in [1.165, 1.54) is 0 Å². The van der Waals surface area contributed by atoms with E-state index in [0.29, 0.717) is 0 Å². The second-order valence-corrected chi connectivity index (χ2v) is 4.49. The highest BCUT2D eigenvalue weighted by Crippen LogP contribution is 2.49. The molecule has 0 spiro atoms. The van der Waals surface area contributed by atoms with Crippen LogP contribution in [0.15, 0.2) is 0 Å². The molecule has 0 radical (unpaired) electrons. The van der Waals surface area contributed by atoms with Crippen LogP contribution in [0, 0.1) is 0 Å². The van der Waals surface area contributed by atoms with Crippen LogP contribution in [0.25, 0.3) is 0 Å². The predicted octanol–water partition coefficient (Wildman–Crippen LogP) is 2.34. The second kappa shape index (κ2) is 2.81. The van der Waals surface area contributed by atoms with Crippen molar-refractivity contribution in [2.45, 2.75) is 24.0 Å². The van der Waals surface area contributed by atoms with Crippen LogP contribution < -0.4 is 0 Å². The molecule has 0 amide bonds. The average Bonchev–Trinajstić information content (AvgIpc) is 1.97. The molecule has 10 heteroatoms. The first-order valence-corrected chi connectivity index (χ1v) is 4.88. The summed E-state index contributed by atoms with van der Waals surface area (Å²) in [5.41, 5.74) is 0. The van der Waals surface area contributed by atoms with Gasteiger partial charge in [-0.3, -0.25) is 0 Å². The summed E-state index contributed by atoms with van der Waals surface area (Å²) in [6, 6.07) is 0. The molecule has 0 bridgehead atoms. The molecule has 0 aliphatic carbocycles. The molecule has 0 aromatic heterocycles. The van der Waals surface area contributed by atoms with Gasteiger partial charge in [-0.1, -0.05) is 0 Å². The number of halogens is 8. The van der Waals surface area contributed by atoms with Crippen LogP contribution in [0.4, 0.5) is 34.6 Å². The summed E-state index contributed by atoms with van der Waals surface area (Å²) in [5, 5.41) is 0. The first kappa shape index (κ1) is 11.7. The number of hydrogen-bond acceptors (Lipinski definition) is 1. The summed E-state index contributed by atoms with van der Waals surface area (Å²) in [4.78, 5) is 0. The third-order valence-corrected chi connectivity index (χ3v) is 3.04. The minimum Gasteiger partial charge on any atom is -0.301 e. The SMILES string of the molecule is FC1C(F)[Si](F)(F)OC(F)(F)C1(F)F. The first-order chi connectivity index (χ1) is 6.02. The summed E-state index contributed by atoms with van der Waals surface area (Å²) < 4.78 is 99.6. The summed E-state index contributed by atoms with van der Waals surface area (Å²) in [5.74, 6) is -9.57. The van der Waals surface area contributed by atoms with Gasteiger partial charge >= 0.3 is 21.0 Å². The summed E-state index contributed by atoms with van der Waals surface area (Å²) in [6.07, 6.45) is -9.93. The quantitative estimate of drug-likeness (QED) is 0.362. The molecular formula is C4H2F8OSi. The van der Waals surface area contributed by atoms with E-state index in [1.54, 1.807) is 0 Å². The Balaban J connectivity index is 3.09. The standard InChI is InChI=1S/C4H2F8OSi/c5-1-2(6)14(11,12)13-4(9,10)3(1,7)8/h1-2H. The fraction of sp³-hybridized carbons (Fsp3) is 1.00. The average molecular weight is 246 g/mol. The minimum absolute atomic E-state index is 2.37. The Hall–Kier alpha value is -0.383. The highest BCUT2D eigenvalue weighted by atomic mass is 28.4. The number of rotatable bonds is 0. The van der Waals surface area contributed by atoms with Gasteiger partial charge in [-0.2, -0.15) is 17.6 Å². The van der Waals surface area contributed by atoms with E-state index in [2.05, 4.69) is 4.43 Å². The van der Waals surface area contributed by atoms with E-state index >= 15 is 0 Å². The number of hydrogen-bond donors (Lipinski definition) is 0. The van der Waals surface area contributed by atoms with Crippen LogP contribution in [0.3, 0.4) is 0 Å². The topological polar surface area (TPSA) is 9.23 Å². The van der Waals surface area contributed by atoms with Gasteiger partial charge in [-0.25, -0.2) is 17.0 Å². The Kier molecular flexibility index (Phi) is 2.35. The van der Waals surface area contributed by atoms with Crippen LogP contribution in [0.1, 0.15) is 0 Å². The van der Waals surface area contributed by atoms with Gasteiger partial charge in [0, 0.05) is 0 Å². The van der Waals surface area contributed by atoms with Gasteiger partial charge in [0.05, 0.1) is 0 Å². The van der Waals surface area contributed by atoms with Crippen molar-refractivity contribution in [3.8, 4) is 0 Å². The zero-order chi connectivity index (χ0) is 11.4. The molecule has 1 rings (SSSR count). The molecule has 14 heavy (non-hydrogen) atoms. The summed E-state index contributed by atoms with van der Waals surface area (Å²) in [6.45, 7) is 0. The smallest absolute Gasteiger partial charge is 0.301 e. The Morgan fingerprint density at radius 1 is 1.00 bits per heavy atom. The lowest BCUT2D eigenvalue weighted by Gasteiger charge is -2.37. The molecule has 1 aliphatic heterocycles. The Morgan fingerprint density at radius 3 is 1.86 bits per heavy atom. The maximum absolute atomic E-state index is 12.2. The van der Waals surface area contributed by atoms with E-state index < -0.39 is 33.0 Å². The molecule has 0 aromatic rings. The van der Waals surface area contributed by atoms with Crippen LogP contribution in [0.2, 0.25) is 0 Å². The molecule has 0 saturated carbocycles. The lowest BCUT2D eigenvalue weighted by molar-refractivity contribution is -0.356. The van der Waals surface area contributed by atoms with E-state index in [1.807, 2.05) is 0 Å². The normalized spacial score (nSPS) is 39.4. The fourth-order valence-corrected chi connectivity index (χ4v) is 1.95. The lowest BCUT2D eigenvalue weighted by atomic mass is 10.2. The molecule has 0 N–H and O–H groups in total. The summed E-state index contributed by atoms with van der Waals surface area (Å²) >= 11 is 0. The maximum atomic E-state index is 12.2. The van der Waals surface area contributed by atoms with Crippen LogP contribution in [0.5, 0.6) is 0 Å². The third-order valence-electron chi connectivity index (χ3n) is 1.58. The highest BCUT2D eigenvalue weighted by Gasteiger charge is 2.79. The van der Waals surface area contributed by atoms with Gasteiger partial charge in [0.2, 0.25) is 12.0 Å². The van der Waals surface area contributed by atoms with Gasteiger partial charge < -0.3 is 4.43 Å². The Morgan fingerprint density at radius 2 is 1.43 bits per heavy atom. The maximum Gasteiger partial charge on any atom is 0.621 e. The van der Waals surface area contributed by atoms with Crippen molar-refractivity contribution in [2.24, 2.45) is 0 Å². The lowest BCUT2D eigenvalue weighted by Crippen LogP contribution is -2.67. The van der Waals surface area contributed by atoms with Gasteiger partial charge in [0.1, 0.15) is 0 Å². The van der Waals surface area contributed by atoms with E-state index in [-0.39, 0.29) is 0 Å². The van der Waals surface area contributed by atoms with Gasteiger partial charge in [0.25, 0.3) is 0 Å². The van der Waals surface area contributed by atoms with E-state index in [4.69, 9.17) is 0 Å². The molecule has 84 valence electrons. The van der Waals surface area contributed by atoms with Gasteiger partial charge in [-0.05, 0) is 0 Å². The highest BCUT2D eigenvalue weighted by molar-refractivity contribution is 6.61. The van der Waals surface area contributed by atoms with Crippen molar-refractivity contribution >= 4 is 8.99 Å². The van der Waals surface area contributed by atoms with Crippen molar-refractivity contribution in [3.05, 3.63) is 0 Å². The van der Waals surface area contributed by atoms with Crippen molar-refractivity contribution in [2.75, 3.05) is 0 Å². The van der Waals surface area contributed by atoms with Crippen molar-refractivity contribution in [1.29, 1.82) is 0 Å². The molecule has 1 nitrogen and oxygen atoms in total. The molecule has 1 heterocycles. The number of alkyl halides is 6. The van der Waals surface area contributed by atoms with E-state index in [0.717, 1.165) is 0 Å². The third kappa shape index (κ3) is 1.40. The van der Waals surface area contributed by atoms with Gasteiger partial charge in [0.15, 0.2) is 0 Å². The van der Waals surface area contributed by atoms with Crippen LogP contribution in [-0.2, 0) is 4.43 Å². The molecule has 1 saturated heterocycles. The second-order valence-electron chi connectivity index (χ2n) is 2.61. The molecular weight excluding hydrogens is 244 g/mol. The fourth-order valence-electron chi connectivity index (χ4n) is 0.810. The molecule has 2 atom stereocenters. The van der Waals surface area contributed by atoms with Crippen LogP contribution >= 0.6 is 0 Å².